The molecule has 0 bridgehead atoms. The maximum absolute atomic E-state index is 12.3. The van der Waals surface area contributed by atoms with E-state index < -0.39 is 17.7 Å². The minimum atomic E-state index is -0.580. The number of alkyl halides is 1. The molecule has 0 saturated carbocycles. The molecule has 0 aromatic rings. The topological polar surface area (TPSA) is 55.8 Å². The van der Waals surface area contributed by atoms with E-state index >= 15 is 0 Å². The first kappa shape index (κ1) is 19.0. The number of hydrogen-bond acceptors (Lipinski definition) is 4. The molecule has 1 aliphatic heterocycles. The van der Waals surface area contributed by atoms with E-state index in [9.17, 15) is 9.59 Å². The zero-order chi connectivity index (χ0) is 16.8. The predicted octanol–water partition coefficient (Wildman–Crippen LogP) is 3.52. The van der Waals surface area contributed by atoms with Gasteiger partial charge in [-0.05, 0) is 46.5 Å². The van der Waals surface area contributed by atoms with Gasteiger partial charge in [-0.3, -0.25) is 4.90 Å². The molecule has 1 saturated heterocycles. The van der Waals surface area contributed by atoms with Gasteiger partial charge in [0.1, 0.15) is 11.6 Å². The van der Waals surface area contributed by atoms with Crippen molar-refractivity contribution in [2.24, 2.45) is 5.92 Å². The van der Waals surface area contributed by atoms with E-state index in [4.69, 9.17) is 9.47 Å². The van der Waals surface area contributed by atoms with E-state index in [0.717, 1.165) is 11.8 Å². The maximum Gasteiger partial charge on any atom is 0.411 e. The molecule has 1 amide bonds. The van der Waals surface area contributed by atoms with Gasteiger partial charge in [0.25, 0.3) is 0 Å². The zero-order valence-corrected chi connectivity index (χ0v) is 15.4. The molecule has 2 unspecified atom stereocenters. The average molecular weight is 376 g/mol. The number of halogens is 1. The van der Waals surface area contributed by atoms with E-state index in [0.29, 0.717) is 19.6 Å². The number of allylic oxidation sites excluding steroid dienone is 2. The van der Waals surface area contributed by atoms with Crippen molar-refractivity contribution in [3.05, 3.63) is 12.2 Å². The summed E-state index contributed by atoms with van der Waals surface area (Å²) in [6.07, 6.45) is 5.05. The molecule has 0 aromatic carbocycles. The Kier molecular flexibility index (Phi) is 7.39. The van der Waals surface area contributed by atoms with E-state index in [1.54, 1.807) is 6.92 Å². The van der Waals surface area contributed by atoms with E-state index in [2.05, 4.69) is 22.0 Å². The Balaban J connectivity index is 2.83. The van der Waals surface area contributed by atoms with Crippen LogP contribution in [0.3, 0.4) is 0 Å². The zero-order valence-electron chi connectivity index (χ0n) is 13.8. The van der Waals surface area contributed by atoms with Gasteiger partial charge in [-0.15, -0.1) is 0 Å². The van der Waals surface area contributed by atoms with Crippen molar-refractivity contribution in [1.29, 1.82) is 0 Å². The first-order chi connectivity index (χ1) is 10.3. The lowest BCUT2D eigenvalue weighted by Gasteiger charge is -2.37. The Morgan fingerprint density at radius 2 is 2.05 bits per heavy atom. The van der Waals surface area contributed by atoms with E-state index in [1.165, 1.54) is 4.90 Å². The van der Waals surface area contributed by atoms with Crippen LogP contribution in [0.2, 0.25) is 0 Å². The van der Waals surface area contributed by atoms with Crippen LogP contribution in [0.5, 0.6) is 0 Å². The summed E-state index contributed by atoms with van der Waals surface area (Å²) in [5.74, 6) is -0.0871. The number of ether oxygens (including phenoxy) is 2. The third kappa shape index (κ3) is 5.99. The van der Waals surface area contributed by atoms with Crippen molar-refractivity contribution in [3.63, 3.8) is 0 Å². The molecule has 126 valence electrons. The molecule has 1 aliphatic rings. The normalized spacial score (nSPS) is 22.7. The van der Waals surface area contributed by atoms with Gasteiger partial charge in [0, 0.05) is 11.9 Å². The highest BCUT2D eigenvalue weighted by molar-refractivity contribution is 9.09. The highest BCUT2D eigenvalue weighted by Gasteiger charge is 2.38. The van der Waals surface area contributed by atoms with Crippen molar-refractivity contribution in [1.82, 2.24) is 4.90 Å². The molecule has 22 heavy (non-hydrogen) atoms. The van der Waals surface area contributed by atoms with Gasteiger partial charge in [0.05, 0.1) is 6.61 Å². The minimum Gasteiger partial charge on any atom is -0.464 e. The third-order valence-corrected chi connectivity index (χ3v) is 3.70. The van der Waals surface area contributed by atoms with Gasteiger partial charge in [0.15, 0.2) is 0 Å². The van der Waals surface area contributed by atoms with Crippen LogP contribution in [0.15, 0.2) is 12.2 Å². The molecule has 0 aromatic heterocycles. The molecular formula is C16H26BrNO4. The number of carbonyl (C=O) groups excluding carboxylic acids is 2. The van der Waals surface area contributed by atoms with Crippen LogP contribution in [-0.4, -0.2) is 47.1 Å². The quantitative estimate of drug-likeness (QED) is 0.428. The standard InChI is InChI=1S/C16H26BrNO4/c1-5-21-14(19)13-11-12(7-6-9-17)8-10-18(13)15(20)22-16(2,3)4/h6-7,12-13H,5,8-11H2,1-4H3. The number of esters is 1. The van der Waals surface area contributed by atoms with Crippen molar-refractivity contribution in [2.75, 3.05) is 18.5 Å². The molecule has 0 aliphatic carbocycles. The number of carbonyl (C=O) groups is 2. The highest BCUT2D eigenvalue weighted by Crippen LogP contribution is 2.26. The molecule has 5 nitrogen and oxygen atoms in total. The Labute approximate surface area is 141 Å². The summed E-state index contributed by atoms with van der Waals surface area (Å²) in [5.41, 5.74) is -0.580. The summed E-state index contributed by atoms with van der Waals surface area (Å²) in [4.78, 5) is 26.0. The van der Waals surface area contributed by atoms with Crippen LogP contribution < -0.4 is 0 Å². The molecule has 1 heterocycles. The molecule has 0 spiro atoms. The number of amides is 1. The van der Waals surface area contributed by atoms with Gasteiger partial charge >= 0.3 is 12.1 Å². The van der Waals surface area contributed by atoms with E-state index in [1.807, 2.05) is 26.8 Å². The minimum absolute atomic E-state index is 0.269. The van der Waals surface area contributed by atoms with Crippen LogP contribution in [0.25, 0.3) is 0 Å². The lowest BCUT2D eigenvalue weighted by Crippen LogP contribution is -2.51. The first-order valence-electron chi connectivity index (χ1n) is 7.67. The van der Waals surface area contributed by atoms with Gasteiger partial charge in [-0.1, -0.05) is 28.1 Å². The Hall–Kier alpha value is -1.04. The fraction of sp³-hybridized carbons (Fsp3) is 0.750. The Morgan fingerprint density at radius 3 is 2.59 bits per heavy atom. The van der Waals surface area contributed by atoms with Crippen molar-refractivity contribution < 1.29 is 19.1 Å². The second kappa shape index (κ2) is 8.56. The third-order valence-electron chi connectivity index (χ3n) is 3.33. The predicted molar refractivity (Wildman–Crippen MR) is 89.0 cm³/mol. The summed E-state index contributed by atoms with van der Waals surface area (Å²) in [5, 5.41) is 0.781. The second-order valence-corrected chi connectivity index (χ2v) is 6.96. The molecule has 0 radical (unpaired) electrons. The lowest BCUT2D eigenvalue weighted by molar-refractivity contribution is -0.151. The average Bonchev–Trinajstić information content (AvgIpc) is 2.43. The van der Waals surface area contributed by atoms with Crippen molar-refractivity contribution in [3.8, 4) is 0 Å². The van der Waals surface area contributed by atoms with E-state index in [-0.39, 0.29) is 11.9 Å². The molecule has 6 heteroatoms. The second-order valence-electron chi connectivity index (χ2n) is 6.31. The largest absolute Gasteiger partial charge is 0.464 e. The fourth-order valence-electron chi connectivity index (χ4n) is 2.41. The Morgan fingerprint density at radius 1 is 1.36 bits per heavy atom. The van der Waals surface area contributed by atoms with Crippen LogP contribution in [0.4, 0.5) is 4.79 Å². The highest BCUT2D eigenvalue weighted by atomic mass is 79.9. The molecular weight excluding hydrogens is 350 g/mol. The Bertz CT molecular complexity index is 417. The summed E-state index contributed by atoms with van der Waals surface area (Å²) < 4.78 is 10.5. The number of piperidine rings is 1. The smallest absolute Gasteiger partial charge is 0.411 e. The number of likely N-dealkylation sites (tertiary alicyclic amines) is 1. The molecule has 0 N–H and O–H groups in total. The van der Waals surface area contributed by atoms with Crippen molar-refractivity contribution in [2.45, 2.75) is 52.2 Å². The van der Waals surface area contributed by atoms with Gasteiger partial charge in [-0.25, -0.2) is 9.59 Å². The van der Waals surface area contributed by atoms with Gasteiger partial charge in [-0.2, -0.15) is 0 Å². The number of nitrogens with zero attached hydrogens (tertiary/aromatic N) is 1. The monoisotopic (exact) mass is 375 g/mol. The SMILES string of the molecule is CCOC(=O)C1CC(C=CCBr)CCN1C(=O)OC(C)(C)C. The number of rotatable bonds is 4. The lowest BCUT2D eigenvalue weighted by atomic mass is 9.90. The molecule has 1 fully saturated rings. The van der Waals surface area contributed by atoms with Gasteiger partial charge < -0.3 is 9.47 Å². The number of hydrogen-bond donors (Lipinski definition) is 0. The molecule has 1 rings (SSSR count). The molecule has 2 atom stereocenters. The maximum atomic E-state index is 12.3. The summed E-state index contributed by atoms with van der Waals surface area (Å²) in [7, 11) is 0. The van der Waals surface area contributed by atoms with Crippen molar-refractivity contribution >= 4 is 28.0 Å². The van der Waals surface area contributed by atoms with Crippen LogP contribution in [-0.2, 0) is 14.3 Å². The fourth-order valence-corrected chi connectivity index (χ4v) is 2.63. The van der Waals surface area contributed by atoms with Crippen LogP contribution in [0.1, 0.15) is 40.5 Å². The summed E-state index contributed by atoms with van der Waals surface area (Å²) in [6, 6.07) is -0.575. The summed E-state index contributed by atoms with van der Waals surface area (Å²) >= 11 is 3.35. The first-order valence-corrected chi connectivity index (χ1v) is 8.79. The van der Waals surface area contributed by atoms with Crippen LogP contribution in [0, 0.1) is 5.92 Å². The van der Waals surface area contributed by atoms with Gasteiger partial charge in [0.2, 0.25) is 0 Å². The van der Waals surface area contributed by atoms with Crippen LogP contribution >= 0.6 is 15.9 Å². The summed E-state index contributed by atoms with van der Waals surface area (Å²) in [6.45, 7) is 8.01.